The zero-order valence-electron chi connectivity index (χ0n) is 15.8. The molecular formula is C22H16N2O4S2. The van der Waals surface area contributed by atoms with E-state index >= 15 is 0 Å². The lowest BCUT2D eigenvalue weighted by Gasteiger charge is -2.09. The summed E-state index contributed by atoms with van der Waals surface area (Å²) in [6.07, 6.45) is 0. The molecule has 0 spiro atoms. The Labute approximate surface area is 180 Å². The summed E-state index contributed by atoms with van der Waals surface area (Å²) in [7, 11) is 1.51. The summed E-state index contributed by atoms with van der Waals surface area (Å²) in [5.41, 5.74) is 2.24. The Morgan fingerprint density at radius 1 is 1.00 bits per heavy atom. The van der Waals surface area contributed by atoms with Crippen molar-refractivity contribution < 1.29 is 19.1 Å². The molecule has 2 aromatic heterocycles. The van der Waals surface area contributed by atoms with Gasteiger partial charge >= 0.3 is 5.97 Å². The Bertz CT molecular complexity index is 1170. The van der Waals surface area contributed by atoms with E-state index < -0.39 is 5.97 Å². The summed E-state index contributed by atoms with van der Waals surface area (Å²) in [6.45, 7) is 0. The average Bonchev–Trinajstić information content (AvgIpc) is 3.47. The highest BCUT2D eigenvalue weighted by Gasteiger charge is 2.15. The van der Waals surface area contributed by atoms with Crippen molar-refractivity contribution in [2.24, 2.45) is 0 Å². The lowest BCUT2D eigenvalue weighted by molar-refractivity contribution is 0.0729. The number of rotatable bonds is 6. The largest absolute Gasteiger partial charge is 0.496 e. The number of hydrogen-bond acceptors (Lipinski definition) is 7. The first-order valence-corrected chi connectivity index (χ1v) is 10.7. The zero-order chi connectivity index (χ0) is 20.9. The van der Waals surface area contributed by atoms with Gasteiger partial charge in [0.25, 0.3) is 5.91 Å². The third-order valence-corrected chi connectivity index (χ3v) is 5.73. The van der Waals surface area contributed by atoms with E-state index in [2.05, 4.69) is 10.3 Å². The second-order valence-corrected chi connectivity index (χ2v) is 7.76. The number of thiophene rings is 1. The first-order valence-electron chi connectivity index (χ1n) is 8.89. The molecule has 8 heteroatoms. The number of thiazole rings is 1. The maximum atomic E-state index is 12.5. The van der Waals surface area contributed by atoms with Crippen LogP contribution in [0, 0.1) is 0 Å². The molecule has 0 saturated carbocycles. The van der Waals surface area contributed by atoms with Crippen molar-refractivity contribution in [3.63, 3.8) is 0 Å². The number of carbonyl (C=O) groups excluding carboxylic acids is 2. The Kier molecular flexibility index (Phi) is 5.87. The van der Waals surface area contributed by atoms with Crippen molar-refractivity contribution in [1.29, 1.82) is 0 Å². The third-order valence-electron chi connectivity index (χ3n) is 4.16. The van der Waals surface area contributed by atoms with Crippen LogP contribution in [-0.2, 0) is 0 Å². The van der Waals surface area contributed by atoms with Crippen LogP contribution < -0.4 is 14.8 Å². The molecule has 4 rings (SSSR count). The van der Waals surface area contributed by atoms with Crippen LogP contribution in [0.3, 0.4) is 0 Å². The van der Waals surface area contributed by atoms with Crippen LogP contribution in [0.4, 0.5) is 5.69 Å². The van der Waals surface area contributed by atoms with E-state index in [9.17, 15) is 9.59 Å². The number of carbonyl (C=O) groups is 2. The number of ether oxygens (including phenoxy) is 2. The van der Waals surface area contributed by atoms with Gasteiger partial charge in [-0.1, -0.05) is 12.1 Å². The summed E-state index contributed by atoms with van der Waals surface area (Å²) < 4.78 is 10.6. The number of aromatic nitrogens is 1. The number of anilines is 1. The second kappa shape index (κ2) is 8.89. The Morgan fingerprint density at radius 3 is 2.53 bits per heavy atom. The molecule has 2 aromatic carbocycles. The highest BCUT2D eigenvalue weighted by molar-refractivity contribution is 7.14. The number of nitrogens with zero attached hydrogens (tertiary/aromatic N) is 1. The van der Waals surface area contributed by atoms with Crippen LogP contribution in [0.25, 0.3) is 10.6 Å². The molecule has 4 aromatic rings. The molecule has 0 saturated heterocycles. The van der Waals surface area contributed by atoms with Gasteiger partial charge in [-0.3, -0.25) is 4.79 Å². The monoisotopic (exact) mass is 436 g/mol. The van der Waals surface area contributed by atoms with Crippen molar-refractivity contribution in [2.45, 2.75) is 0 Å². The maximum absolute atomic E-state index is 12.5. The molecule has 150 valence electrons. The van der Waals surface area contributed by atoms with Crippen molar-refractivity contribution in [3.05, 3.63) is 82.0 Å². The van der Waals surface area contributed by atoms with E-state index in [0.29, 0.717) is 22.7 Å². The van der Waals surface area contributed by atoms with Crippen molar-refractivity contribution in [3.8, 4) is 22.1 Å². The van der Waals surface area contributed by atoms with E-state index in [4.69, 9.17) is 9.47 Å². The highest BCUT2D eigenvalue weighted by Crippen LogP contribution is 2.26. The predicted molar refractivity (Wildman–Crippen MR) is 118 cm³/mol. The molecule has 0 atom stereocenters. The summed E-state index contributed by atoms with van der Waals surface area (Å²) >= 11 is 2.97. The Hall–Kier alpha value is -3.49. The van der Waals surface area contributed by atoms with Gasteiger partial charge in [-0.25, -0.2) is 9.78 Å². The minimum atomic E-state index is -0.529. The van der Waals surface area contributed by atoms with Gasteiger partial charge in [0.05, 0.1) is 12.7 Å². The fourth-order valence-electron chi connectivity index (χ4n) is 2.68. The quantitative estimate of drug-likeness (QED) is 0.326. The van der Waals surface area contributed by atoms with E-state index in [1.165, 1.54) is 18.4 Å². The van der Waals surface area contributed by atoms with Gasteiger partial charge in [-0.05, 0) is 47.8 Å². The van der Waals surface area contributed by atoms with Gasteiger partial charge in [0.1, 0.15) is 16.5 Å². The van der Waals surface area contributed by atoms with E-state index in [1.54, 1.807) is 65.2 Å². The van der Waals surface area contributed by atoms with Crippen LogP contribution in [0.15, 0.2) is 70.7 Å². The molecule has 2 heterocycles. The van der Waals surface area contributed by atoms with Crippen LogP contribution in [0.5, 0.6) is 11.5 Å². The minimum absolute atomic E-state index is 0.259. The smallest absolute Gasteiger partial charge is 0.363 e. The molecule has 0 fully saturated rings. The molecule has 0 aliphatic carbocycles. The first-order chi connectivity index (χ1) is 14.6. The topological polar surface area (TPSA) is 77.5 Å². The maximum Gasteiger partial charge on any atom is 0.363 e. The first kappa shape index (κ1) is 19.8. The zero-order valence-corrected chi connectivity index (χ0v) is 17.5. The van der Waals surface area contributed by atoms with Crippen LogP contribution >= 0.6 is 22.7 Å². The van der Waals surface area contributed by atoms with E-state index in [0.717, 1.165) is 10.6 Å². The number of esters is 1. The number of nitrogens with one attached hydrogen (secondary N) is 1. The van der Waals surface area contributed by atoms with Gasteiger partial charge in [-0.2, -0.15) is 11.3 Å². The Balaban J connectivity index is 1.40. The van der Waals surface area contributed by atoms with Crippen LogP contribution in [-0.4, -0.2) is 24.0 Å². The molecule has 0 aliphatic rings. The summed E-state index contributed by atoms with van der Waals surface area (Å²) in [5, 5.41) is 9.19. The van der Waals surface area contributed by atoms with Gasteiger partial charge in [-0.15, -0.1) is 11.3 Å². The predicted octanol–water partition coefficient (Wildman–Crippen LogP) is 5.35. The van der Waals surface area contributed by atoms with Gasteiger partial charge in [0.2, 0.25) is 0 Å². The minimum Gasteiger partial charge on any atom is -0.496 e. The normalized spacial score (nSPS) is 10.4. The second-order valence-electron chi connectivity index (χ2n) is 6.12. The number of benzene rings is 2. The van der Waals surface area contributed by atoms with Gasteiger partial charge in [0, 0.05) is 22.0 Å². The molecule has 6 nitrogen and oxygen atoms in total. The SMILES string of the molecule is COc1ccccc1C(=O)Nc1ccc(OC(=O)c2csc(-c3ccsc3)n2)cc1. The molecule has 1 N–H and O–H groups in total. The van der Waals surface area contributed by atoms with Crippen molar-refractivity contribution in [2.75, 3.05) is 12.4 Å². The van der Waals surface area contributed by atoms with Crippen molar-refractivity contribution in [1.82, 2.24) is 4.98 Å². The summed E-state index contributed by atoms with van der Waals surface area (Å²) in [5.74, 6) is 0.0326. The summed E-state index contributed by atoms with van der Waals surface area (Å²) in [4.78, 5) is 29.2. The fourth-order valence-corrected chi connectivity index (χ4v) is 4.18. The number of amides is 1. The molecule has 0 radical (unpaired) electrons. The molecule has 0 unspecified atom stereocenters. The fraction of sp³-hybridized carbons (Fsp3) is 0.0455. The van der Waals surface area contributed by atoms with Crippen LogP contribution in [0.1, 0.15) is 20.8 Å². The molecular weight excluding hydrogens is 420 g/mol. The standard InChI is InChI=1S/C22H16N2O4S2/c1-27-19-5-3-2-4-17(19)20(25)23-15-6-8-16(9-7-15)28-22(26)18-13-30-21(24-18)14-10-11-29-12-14/h2-13H,1H3,(H,23,25). The Morgan fingerprint density at radius 2 is 1.80 bits per heavy atom. The van der Waals surface area contributed by atoms with Gasteiger partial charge in [0.15, 0.2) is 5.69 Å². The van der Waals surface area contributed by atoms with Gasteiger partial charge < -0.3 is 14.8 Å². The third kappa shape index (κ3) is 4.40. The number of methoxy groups -OCH3 is 1. The molecule has 30 heavy (non-hydrogen) atoms. The molecule has 1 amide bonds. The molecule has 0 bridgehead atoms. The van der Waals surface area contributed by atoms with E-state index in [1.807, 2.05) is 16.8 Å². The lowest BCUT2D eigenvalue weighted by atomic mass is 10.2. The van der Waals surface area contributed by atoms with E-state index in [-0.39, 0.29) is 11.6 Å². The lowest BCUT2D eigenvalue weighted by Crippen LogP contribution is -2.13. The summed E-state index contributed by atoms with van der Waals surface area (Å²) in [6, 6.07) is 15.5. The average molecular weight is 437 g/mol. The molecule has 0 aliphatic heterocycles. The van der Waals surface area contributed by atoms with Crippen LogP contribution in [0.2, 0.25) is 0 Å². The number of hydrogen-bond donors (Lipinski definition) is 1. The highest BCUT2D eigenvalue weighted by atomic mass is 32.1. The number of para-hydroxylation sites is 1. The van der Waals surface area contributed by atoms with Crippen molar-refractivity contribution >= 4 is 40.2 Å².